The van der Waals surface area contributed by atoms with Crippen molar-refractivity contribution in [2.24, 2.45) is 11.1 Å². The predicted molar refractivity (Wildman–Crippen MR) is 129 cm³/mol. The molecule has 1 amide bonds. The number of hydrogen-bond donors (Lipinski definition) is 2. The van der Waals surface area contributed by atoms with Crippen LogP contribution in [0.2, 0.25) is 0 Å². The van der Waals surface area contributed by atoms with Crippen LogP contribution in [0.25, 0.3) is 0 Å². The van der Waals surface area contributed by atoms with E-state index in [0.29, 0.717) is 28.9 Å². The van der Waals surface area contributed by atoms with Crippen LogP contribution in [0.4, 0.5) is 17.1 Å². The van der Waals surface area contributed by atoms with E-state index in [1.54, 1.807) is 43.3 Å². The summed E-state index contributed by atoms with van der Waals surface area (Å²) < 4.78 is 0. The zero-order valence-corrected chi connectivity index (χ0v) is 19.5. The van der Waals surface area contributed by atoms with E-state index in [1.165, 1.54) is 11.0 Å². The minimum Gasteiger partial charge on any atom is -0.384 e. The molecule has 0 bridgehead atoms. The van der Waals surface area contributed by atoms with Gasteiger partial charge in [-0.3, -0.25) is 24.6 Å². The van der Waals surface area contributed by atoms with E-state index in [9.17, 15) is 25.0 Å². The SMILES string of the molecule is Cc1ccc(N2C(N)=C(C#N)C3(C(=O)Nc4ccccc43)C3=C2CC(C)(C)CC3=O)c([N+](=O)[O-])c1. The Morgan fingerprint density at radius 1 is 1.17 bits per heavy atom. The third-order valence-corrected chi connectivity index (χ3v) is 6.97. The Morgan fingerprint density at radius 2 is 1.89 bits per heavy atom. The number of allylic oxidation sites excluding steroid dienone is 1. The summed E-state index contributed by atoms with van der Waals surface area (Å²) in [5, 5.41) is 25.2. The molecule has 1 atom stereocenters. The fourth-order valence-electron chi connectivity index (χ4n) is 5.62. The van der Waals surface area contributed by atoms with Gasteiger partial charge in [0.1, 0.15) is 23.0 Å². The molecule has 2 aliphatic heterocycles. The van der Waals surface area contributed by atoms with Crippen LogP contribution >= 0.6 is 0 Å². The molecule has 0 saturated heterocycles. The van der Waals surface area contributed by atoms with Gasteiger partial charge in [0, 0.05) is 35.0 Å². The summed E-state index contributed by atoms with van der Waals surface area (Å²) in [6.07, 6.45) is 0.487. The molecule has 1 spiro atoms. The molecule has 3 N–H and O–H groups in total. The van der Waals surface area contributed by atoms with Gasteiger partial charge < -0.3 is 11.1 Å². The summed E-state index contributed by atoms with van der Waals surface area (Å²) in [5.74, 6) is -0.921. The Labute approximate surface area is 201 Å². The summed E-state index contributed by atoms with van der Waals surface area (Å²) in [6.45, 7) is 5.58. The molecule has 0 fully saturated rings. The molecular formula is C26H23N5O4. The van der Waals surface area contributed by atoms with E-state index in [0.717, 1.165) is 0 Å². The highest BCUT2D eigenvalue weighted by molar-refractivity contribution is 6.20. The third-order valence-electron chi connectivity index (χ3n) is 6.97. The van der Waals surface area contributed by atoms with Crippen molar-refractivity contribution in [3.8, 4) is 6.07 Å². The van der Waals surface area contributed by atoms with Gasteiger partial charge in [-0.15, -0.1) is 0 Å². The second kappa shape index (κ2) is 7.27. The standard InChI is InChI=1S/C26H23N5O4/c1-14-8-9-18(19(10-14)31(34)35)30-20-11-25(2,3)12-21(32)22(20)26(16(13-27)23(30)28)15-6-4-5-7-17(15)29-24(26)33/h4-10H,11-12,28H2,1-3H3,(H,29,33). The zero-order valence-electron chi connectivity index (χ0n) is 19.5. The van der Waals surface area contributed by atoms with E-state index >= 15 is 0 Å². The lowest BCUT2D eigenvalue weighted by Gasteiger charge is -2.46. The average Bonchev–Trinajstić information content (AvgIpc) is 3.06. The van der Waals surface area contributed by atoms with Crippen molar-refractivity contribution in [3.05, 3.63) is 86.4 Å². The minimum atomic E-state index is -1.71. The fraction of sp³-hybridized carbons (Fsp3) is 0.269. The molecule has 2 aromatic carbocycles. The van der Waals surface area contributed by atoms with Crippen molar-refractivity contribution >= 4 is 28.8 Å². The molecule has 1 aliphatic carbocycles. The van der Waals surface area contributed by atoms with Gasteiger partial charge >= 0.3 is 0 Å². The van der Waals surface area contributed by atoms with Crippen LogP contribution in [0.5, 0.6) is 0 Å². The van der Waals surface area contributed by atoms with Gasteiger partial charge in [-0.2, -0.15) is 5.26 Å². The number of benzene rings is 2. The highest BCUT2D eigenvalue weighted by atomic mass is 16.6. The van der Waals surface area contributed by atoms with Gasteiger partial charge in [-0.25, -0.2) is 0 Å². The number of nitro benzene ring substituents is 1. The summed E-state index contributed by atoms with van der Waals surface area (Å²) in [7, 11) is 0. The molecule has 9 heteroatoms. The molecule has 0 radical (unpaired) electrons. The number of nitro groups is 1. The van der Waals surface area contributed by atoms with Crippen molar-refractivity contribution < 1.29 is 14.5 Å². The molecule has 5 rings (SSSR count). The topological polar surface area (TPSA) is 142 Å². The lowest BCUT2D eigenvalue weighted by Crippen LogP contribution is -2.52. The number of aryl methyl sites for hydroxylation is 1. The van der Waals surface area contributed by atoms with Crippen LogP contribution in [-0.2, 0) is 15.0 Å². The molecule has 2 aromatic rings. The normalized spacial score (nSPS) is 22.6. The van der Waals surface area contributed by atoms with E-state index in [-0.39, 0.29) is 40.5 Å². The van der Waals surface area contributed by atoms with Crippen molar-refractivity contribution in [2.45, 2.75) is 39.0 Å². The molecule has 9 nitrogen and oxygen atoms in total. The first-order valence-corrected chi connectivity index (χ1v) is 11.2. The van der Waals surface area contributed by atoms with Crippen LogP contribution in [0.1, 0.15) is 37.8 Å². The smallest absolute Gasteiger partial charge is 0.293 e. The number of carbonyl (C=O) groups is 2. The summed E-state index contributed by atoms with van der Waals surface area (Å²) in [4.78, 5) is 40.4. The number of nitriles is 1. The molecular weight excluding hydrogens is 446 g/mol. The number of hydrogen-bond acceptors (Lipinski definition) is 7. The highest BCUT2D eigenvalue weighted by Crippen LogP contribution is 2.57. The highest BCUT2D eigenvalue weighted by Gasteiger charge is 2.61. The van der Waals surface area contributed by atoms with Crippen molar-refractivity contribution in [2.75, 3.05) is 10.2 Å². The van der Waals surface area contributed by atoms with E-state index < -0.39 is 21.7 Å². The third kappa shape index (κ3) is 2.93. The molecule has 176 valence electrons. The van der Waals surface area contributed by atoms with Crippen molar-refractivity contribution in [3.63, 3.8) is 0 Å². The van der Waals surface area contributed by atoms with E-state index in [1.807, 2.05) is 13.8 Å². The van der Waals surface area contributed by atoms with Gasteiger partial charge in [-0.05, 0) is 36.5 Å². The number of ketones is 1. The van der Waals surface area contributed by atoms with Gasteiger partial charge in [-0.1, -0.05) is 38.1 Å². The molecule has 2 heterocycles. The zero-order chi connectivity index (χ0) is 25.3. The number of anilines is 2. The monoisotopic (exact) mass is 469 g/mol. The maximum Gasteiger partial charge on any atom is 0.293 e. The molecule has 3 aliphatic rings. The molecule has 1 unspecified atom stereocenters. The number of Topliss-reactive ketones (excluding diaryl/α,β-unsaturated/α-hetero) is 1. The quantitative estimate of drug-likeness (QED) is 0.501. The Balaban J connectivity index is 1.92. The average molecular weight is 470 g/mol. The largest absolute Gasteiger partial charge is 0.384 e. The maximum absolute atomic E-state index is 13.8. The van der Waals surface area contributed by atoms with Crippen molar-refractivity contribution in [1.29, 1.82) is 5.26 Å². The summed E-state index contributed by atoms with van der Waals surface area (Å²) >= 11 is 0. The lowest BCUT2D eigenvalue weighted by molar-refractivity contribution is -0.384. The van der Waals surface area contributed by atoms with Crippen LogP contribution in [0.15, 0.2) is 65.1 Å². The first-order valence-electron chi connectivity index (χ1n) is 11.2. The lowest BCUT2D eigenvalue weighted by atomic mass is 9.60. The number of nitrogens with two attached hydrogens (primary N) is 1. The number of nitrogens with zero attached hydrogens (tertiary/aromatic N) is 3. The van der Waals surface area contributed by atoms with Gasteiger partial charge in [0.25, 0.3) is 5.69 Å². The van der Waals surface area contributed by atoms with Gasteiger partial charge in [0.05, 0.1) is 10.5 Å². The van der Waals surface area contributed by atoms with Gasteiger partial charge in [0.15, 0.2) is 5.78 Å². The summed E-state index contributed by atoms with van der Waals surface area (Å²) in [5.41, 5.74) is 6.43. The Morgan fingerprint density at radius 3 is 2.57 bits per heavy atom. The molecule has 0 saturated carbocycles. The number of fused-ring (bicyclic) bond motifs is 3. The minimum absolute atomic E-state index is 0.101. The van der Waals surface area contributed by atoms with E-state index in [4.69, 9.17) is 5.73 Å². The maximum atomic E-state index is 13.8. The van der Waals surface area contributed by atoms with Gasteiger partial charge in [0.2, 0.25) is 5.91 Å². The van der Waals surface area contributed by atoms with Crippen molar-refractivity contribution in [1.82, 2.24) is 0 Å². The first kappa shape index (κ1) is 22.3. The second-order valence-corrected chi connectivity index (χ2v) is 9.97. The number of rotatable bonds is 2. The Hall–Kier alpha value is -4.45. The fourth-order valence-corrected chi connectivity index (χ4v) is 5.62. The summed E-state index contributed by atoms with van der Waals surface area (Å²) in [6, 6.07) is 13.7. The number of para-hydroxylation sites is 1. The predicted octanol–water partition coefficient (Wildman–Crippen LogP) is 3.95. The number of amides is 1. The Bertz CT molecular complexity index is 1460. The number of carbonyl (C=O) groups excluding carboxylic acids is 2. The van der Waals surface area contributed by atoms with Crippen LogP contribution in [-0.4, -0.2) is 16.6 Å². The molecule has 35 heavy (non-hydrogen) atoms. The van der Waals surface area contributed by atoms with Crippen LogP contribution in [0.3, 0.4) is 0 Å². The number of nitrogens with one attached hydrogen (secondary N) is 1. The van der Waals surface area contributed by atoms with Crippen LogP contribution in [0, 0.1) is 33.8 Å². The second-order valence-electron chi connectivity index (χ2n) is 9.97. The molecule has 0 aromatic heterocycles. The Kier molecular flexibility index (Phi) is 4.64. The van der Waals surface area contributed by atoms with E-state index in [2.05, 4.69) is 11.4 Å². The van der Waals surface area contributed by atoms with Crippen LogP contribution < -0.4 is 16.0 Å². The first-order chi connectivity index (χ1) is 16.5.